The fraction of sp³-hybridized carbons (Fsp3) is 0.600. The van der Waals surface area contributed by atoms with Crippen molar-refractivity contribution in [1.82, 2.24) is 14.4 Å². The summed E-state index contributed by atoms with van der Waals surface area (Å²) in [5.74, 6) is 0. The summed E-state index contributed by atoms with van der Waals surface area (Å²) < 4.78 is 2.03. The summed E-state index contributed by atoms with van der Waals surface area (Å²) in [6.07, 6.45) is 4.85. The predicted octanol–water partition coefficient (Wildman–Crippen LogP) is -1.20. The molecular weight excluding hydrogens is 158 g/mol. The molecule has 0 aliphatic carbocycles. The summed E-state index contributed by atoms with van der Waals surface area (Å²) in [5.41, 5.74) is 0. The largest absolute Gasteiger partial charge is 0.291 e. The highest BCUT2D eigenvalue weighted by Crippen LogP contribution is 1.91. The van der Waals surface area contributed by atoms with Gasteiger partial charge < -0.3 is 0 Å². The molecule has 0 unspecified atom stereocenters. The van der Waals surface area contributed by atoms with E-state index < -0.39 is 0 Å². The topological polar surface area (TPSA) is 30.7 Å². The fourth-order valence-corrected chi connectivity index (χ4v) is 3.82. The van der Waals surface area contributed by atoms with Gasteiger partial charge in [-0.3, -0.25) is 4.35 Å². The quantitative estimate of drug-likeness (QED) is 0.421. The zero-order valence-corrected chi connectivity index (χ0v) is 9.74. The van der Waals surface area contributed by atoms with E-state index in [2.05, 4.69) is 10.1 Å². The molecule has 0 N–H and O–H groups in total. The highest BCUT2D eigenvalue weighted by Gasteiger charge is 1.90. The fourth-order valence-electron chi connectivity index (χ4n) is 0.872. The molecular formula is C5H13N3Si2. The molecule has 0 fully saturated rings. The second kappa shape index (κ2) is 4.40. The third-order valence-electron chi connectivity index (χ3n) is 1.46. The van der Waals surface area contributed by atoms with Crippen LogP contribution >= 0.6 is 0 Å². The minimum atomic E-state index is -0.115. The average Bonchev–Trinajstić information content (AvgIpc) is 2.41. The Hall–Kier alpha value is -0.426. The van der Waals surface area contributed by atoms with Crippen molar-refractivity contribution >= 4 is 19.9 Å². The van der Waals surface area contributed by atoms with Gasteiger partial charge in [0.05, 0.1) is 0 Å². The Kier molecular flexibility index (Phi) is 3.38. The normalized spacial score (nSPS) is 11.6. The first-order valence-corrected chi connectivity index (χ1v) is 6.80. The molecule has 0 bridgehead atoms. The van der Waals surface area contributed by atoms with Crippen molar-refractivity contribution in [2.24, 2.45) is 0 Å². The first-order valence-electron chi connectivity index (χ1n) is 3.76. The molecule has 0 atom stereocenters. The molecule has 1 aromatic heterocycles. The monoisotopic (exact) mass is 171 g/mol. The van der Waals surface area contributed by atoms with Crippen molar-refractivity contribution in [1.29, 1.82) is 0 Å². The molecule has 0 saturated carbocycles. The summed E-state index contributed by atoms with van der Waals surface area (Å²) in [7, 11) is 1.23. The van der Waals surface area contributed by atoms with Gasteiger partial charge in [0.25, 0.3) is 0 Å². The molecule has 0 amide bonds. The van der Waals surface area contributed by atoms with Crippen LogP contribution in [0.1, 0.15) is 6.42 Å². The van der Waals surface area contributed by atoms with Gasteiger partial charge in [-0.05, 0) is 6.04 Å². The van der Waals surface area contributed by atoms with Crippen molar-refractivity contribution in [3.05, 3.63) is 12.7 Å². The lowest BCUT2D eigenvalue weighted by molar-refractivity contribution is 0.942. The molecule has 56 valence electrons. The molecule has 0 aromatic carbocycles. The maximum absolute atomic E-state index is 4.07. The lowest BCUT2D eigenvalue weighted by atomic mass is 10.6. The summed E-state index contributed by atoms with van der Waals surface area (Å²) in [6, 6.07) is 2.81. The van der Waals surface area contributed by atoms with Crippen LogP contribution in [-0.2, 0) is 0 Å². The van der Waals surface area contributed by atoms with Crippen molar-refractivity contribution in [2.75, 3.05) is 0 Å². The van der Waals surface area contributed by atoms with Crippen LogP contribution in [0.5, 0.6) is 0 Å². The van der Waals surface area contributed by atoms with Crippen LogP contribution in [0.15, 0.2) is 12.7 Å². The van der Waals surface area contributed by atoms with Gasteiger partial charge in [-0.15, -0.1) is 0 Å². The summed E-state index contributed by atoms with van der Waals surface area (Å²) in [5, 5.41) is 4.07. The number of aromatic nitrogens is 3. The second-order valence-electron chi connectivity index (χ2n) is 2.37. The van der Waals surface area contributed by atoms with E-state index in [-0.39, 0.29) is 9.68 Å². The Balaban J connectivity index is 2.15. The molecule has 5 heteroatoms. The summed E-state index contributed by atoms with van der Waals surface area (Å²) >= 11 is 0. The Bertz CT molecular complexity index is 163. The highest BCUT2D eigenvalue weighted by molar-refractivity contribution is 6.33. The molecule has 0 aliphatic rings. The number of hydrogen-bond donors (Lipinski definition) is 0. The molecule has 0 spiro atoms. The average molecular weight is 171 g/mol. The lowest BCUT2D eigenvalue weighted by Crippen LogP contribution is -2.05. The van der Waals surface area contributed by atoms with Gasteiger partial charge in [0.1, 0.15) is 12.7 Å². The van der Waals surface area contributed by atoms with E-state index in [4.69, 9.17) is 0 Å². The molecule has 1 rings (SSSR count). The van der Waals surface area contributed by atoms with Crippen LogP contribution in [-0.4, -0.2) is 34.4 Å². The van der Waals surface area contributed by atoms with Crippen LogP contribution in [0.4, 0.5) is 0 Å². The first kappa shape index (κ1) is 7.68. The summed E-state index contributed by atoms with van der Waals surface area (Å²) in [6.45, 7) is 0. The molecule has 1 heterocycles. The minimum Gasteiger partial charge on any atom is -0.291 e. The van der Waals surface area contributed by atoms with Gasteiger partial charge in [-0.25, -0.2) is 4.98 Å². The Labute approximate surface area is 66.2 Å². The predicted molar refractivity (Wildman–Crippen MR) is 48.1 cm³/mol. The minimum absolute atomic E-state index is 0.115. The molecule has 0 radical (unpaired) electrons. The van der Waals surface area contributed by atoms with Crippen LogP contribution in [0.3, 0.4) is 0 Å². The molecule has 10 heavy (non-hydrogen) atoms. The van der Waals surface area contributed by atoms with Crippen LogP contribution in [0.25, 0.3) is 0 Å². The van der Waals surface area contributed by atoms with Gasteiger partial charge >= 0.3 is 0 Å². The maximum atomic E-state index is 4.07. The van der Waals surface area contributed by atoms with Gasteiger partial charge in [0.15, 0.2) is 9.68 Å². The van der Waals surface area contributed by atoms with Crippen LogP contribution < -0.4 is 0 Å². The Morgan fingerprint density at radius 2 is 2.50 bits per heavy atom. The number of hydrogen-bond acceptors (Lipinski definition) is 2. The van der Waals surface area contributed by atoms with Crippen molar-refractivity contribution in [3.63, 3.8) is 0 Å². The number of rotatable bonds is 4. The van der Waals surface area contributed by atoms with Gasteiger partial charge in [-0.2, -0.15) is 5.10 Å². The Morgan fingerprint density at radius 3 is 3.10 bits per heavy atom. The van der Waals surface area contributed by atoms with E-state index in [1.165, 1.54) is 28.8 Å². The van der Waals surface area contributed by atoms with Crippen molar-refractivity contribution in [2.45, 2.75) is 18.5 Å². The van der Waals surface area contributed by atoms with Gasteiger partial charge in [0, 0.05) is 10.2 Å². The Morgan fingerprint density at radius 1 is 1.60 bits per heavy atom. The zero-order valence-electron chi connectivity index (χ0n) is 6.32. The SMILES string of the molecule is [SiH3]CCC[SiH2]n1cncn1. The van der Waals surface area contributed by atoms with Crippen molar-refractivity contribution in [3.8, 4) is 0 Å². The van der Waals surface area contributed by atoms with Crippen molar-refractivity contribution < 1.29 is 0 Å². The van der Waals surface area contributed by atoms with Gasteiger partial charge in [-0.1, -0.05) is 12.5 Å². The second-order valence-corrected chi connectivity index (χ2v) is 5.17. The van der Waals surface area contributed by atoms with Gasteiger partial charge in [0.2, 0.25) is 0 Å². The van der Waals surface area contributed by atoms with E-state index in [0.717, 1.165) is 0 Å². The molecule has 1 aromatic rings. The van der Waals surface area contributed by atoms with Crippen LogP contribution in [0.2, 0.25) is 12.1 Å². The molecule has 0 aliphatic heterocycles. The highest BCUT2D eigenvalue weighted by atomic mass is 28.2. The van der Waals surface area contributed by atoms with E-state index in [0.29, 0.717) is 0 Å². The van der Waals surface area contributed by atoms with Crippen LogP contribution in [0, 0.1) is 0 Å². The third kappa shape index (κ3) is 2.44. The zero-order chi connectivity index (χ0) is 7.23. The first-order chi connectivity index (χ1) is 4.93. The van der Waals surface area contributed by atoms with E-state index in [1.807, 2.05) is 10.7 Å². The molecule has 3 nitrogen and oxygen atoms in total. The maximum Gasteiger partial charge on any atom is 0.156 e. The molecule has 0 saturated heterocycles. The van der Waals surface area contributed by atoms with E-state index >= 15 is 0 Å². The smallest absolute Gasteiger partial charge is 0.156 e. The lowest BCUT2D eigenvalue weighted by Gasteiger charge is -1.95. The standard InChI is InChI=1S/C5H13N3Si2/c9-2-1-3-10-8-5-6-4-7-8/h4-5H,1-3,10H2,9H3. The van der Waals surface area contributed by atoms with E-state index in [9.17, 15) is 0 Å². The third-order valence-corrected chi connectivity index (χ3v) is 3.77. The van der Waals surface area contributed by atoms with E-state index in [1.54, 1.807) is 6.33 Å². The summed E-state index contributed by atoms with van der Waals surface area (Å²) in [4.78, 5) is 3.90. The number of nitrogens with zero attached hydrogens (tertiary/aromatic N) is 3.